The van der Waals surface area contributed by atoms with E-state index in [9.17, 15) is 19.8 Å². The van der Waals surface area contributed by atoms with Gasteiger partial charge in [-0.1, -0.05) is 6.07 Å². The topological polar surface area (TPSA) is 101 Å². The van der Waals surface area contributed by atoms with Gasteiger partial charge in [-0.25, -0.2) is 9.59 Å². The summed E-state index contributed by atoms with van der Waals surface area (Å²) in [4.78, 5) is 25.8. The number of phenols is 1. The average Bonchev–Trinajstić information content (AvgIpc) is 2.79. The summed E-state index contributed by atoms with van der Waals surface area (Å²) in [5.41, 5.74) is 0.445. The largest absolute Gasteiger partial charge is 0.508 e. The maximum atomic E-state index is 12.3. The first kappa shape index (κ1) is 14.1. The summed E-state index contributed by atoms with van der Waals surface area (Å²) in [6, 6.07) is 4.53. The molecule has 7 nitrogen and oxygen atoms in total. The molecule has 108 valence electrons. The van der Waals surface area contributed by atoms with E-state index in [-0.39, 0.29) is 18.7 Å². The van der Waals surface area contributed by atoms with E-state index in [0.29, 0.717) is 5.69 Å². The van der Waals surface area contributed by atoms with Gasteiger partial charge >= 0.3 is 12.0 Å². The number of hydrogen-bond donors (Lipinski definition) is 3. The van der Waals surface area contributed by atoms with E-state index >= 15 is 0 Å². The van der Waals surface area contributed by atoms with Gasteiger partial charge in [-0.3, -0.25) is 4.90 Å². The molecule has 1 aliphatic rings. The van der Waals surface area contributed by atoms with Gasteiger partial charge in [0.1, 0.15) is 11.8 Å². The highest BCUT2D eigenvalue weighted by molar-refractivity contribution is 5.94. The maximum absolute atomic E-state index is 12.3. The molecule has 20 heavy (non-hydrogen) atoms. The number of nitrogens with zero attached hydrogens (tertiary/aromatic N) is 2. The number of hydrogen-bond acceptors (Lipinski definition) is 4. The minimum absolute atomic E-state index is 0.0124. The number of anilines is 1. The number of carboxylic acids is 1. The van der Waals surface area contributed by atoms with Crippen LogP contribution in [0.25, 0.3) is 0 Å². The van der Waals surface area contributed by atoms with Crippen molar-refractivity contribution in [1.82, 2.24) is 4.90 Å². The Morgan fingerprint density at radius 1 is 1.40 bits per heavy atom. The van der Waals surface area contributed by atoms with Gasteiger partial charge in [0.15, 0.2) is 0 Å². The fourth-order valence-electron chi connectivity index (χ4n) is 2.26. The Balaban J connectivity index is 2.20. The lowest BCUT2D eigenvalue weighted by atomic mass is 10.2. The minimum atomic E-state index is -1.14. The number of aliphatic hydroxyl groups is 1. The molecule has 3 N–H and O–H groups in total. The van der Waals surface area contributed by atoms with Crippen molar-refractivity contribution in [2.45, 2.75) is 18.6 Å². The van der Waals surface area contributed by atoms with Crippen LogP contribution in [-0.2, 0) is 4.79 Å². The monoisotopic (exact) mass is 280 g/mol. The predicted molar refractivity (Wildman–Crippen MR) is 70.7 cm³/mol. The first-order valence-corrected chi connectivity index (χ1v) is 6.14. The molecule has 0 unspecified atom stereocenters. The van der Waals surface area contributed by atoms with Crippen molar-refractivity contribution in [2.75, 3.05) is 18.5 Å². The predicted octanol–water partition coefficient (Wildman–Crippen LogP) is 0.468. The molecule has 1 saturated heterocycles. The summed E-state index contributed by atoms with van der Waals surface area (Å²) >= 11 is 0. The van der Waals surface area contributed by atoms with Gasteiger partial charge < -0.3 is 20.2 Å². The van der Waals surface area contributed by atoms with Crippen molar-refractivity contribution >= 4 is 17.7 Å². The molecule has 0 radical (unpaired) electrons. The zero-order valence-electron chi connectivity index (χ0n) is 10.9. The fraction of sp³-hybridized carbons (Fsp3) is 0.385. The molecule has 2 amide bonds. The maximum Gasteiger partial charge on any atom is 0.326 e. The van der Waals surface area contributed by atoms with E-state index < -0.39 is 24.1 Å². The number of aliphatic hydroxyl groups excluding tert-OH is 1. The van der Waals surface area contributed by atoms with Gasteiger partial charge in [-0.15, -0.1) is 0 Å². The van der Waals surface area contributed by atoms with Crippen LogP contribution in [0.2, 0.25) is 0 Å². The summed E-state index contributed by atoms with van der Waals surface area (Å²) in [5, 5.41) is 28.0. The van der Waals surface area contributed by atoms with Crippen molar-refractivity contribution < 1.29 is 24.9 Å². The van der Waals surface area contributed by atoms with Crippen LogP contribution in [0.1, 0.15) is 6.42 Å². The second-order valence-corrected chi connectivity index (χ2v) is 4.76. The average molecular weight is 280 g/mol. The molecule has 1 aromatic rings. The van der Waals surface area contributed by atoms with Crippen LogP contribution < -0.4 is 4.90 Å². The van der Waals surface area contributed by atoms with Gasteiger partial charge in [0, 0.05) is 31.8 Å². The third kappa shape index (κ3) is 2.67. The van der Waals surface area contributed by atoms with E-state index in [2.05, 4.69) is 0 Å². The molecule has 0 bridgehead atoms. The summed E-state index contributed by atoms with van der Waals surface area (Å²) in [6.45, 7) is -0.0149. The number of phenolic OH excluding ortho intramolecular Hbond substituents is 1. The van der Waals surface area contributed by atoms with Crippen molar-refractivity contribution in [3.63, 3.8) is 0 Å². The van der Waals surface area contributed by atoms with E-state index in [0.717, 1.165) is 4.90 Å². The molecule has 0 saturated carbocycles. The first-order chi connectivity index (χ1) is 9.40. The number of aliphatic carboxylic acids is 1. The highest BCUT2D eigenvalue weighted by atomic mass is 16.4. The van der Waals surface area contributed by atoms with Crippen LogP contribution in [0.4, 0.5) is 10.5 Å². The second-order valence-electron chi connectivity index (χ2n) is 4.76. The lowest BCUT2D eigenvalue weighted by molar-refractivity contribution is -0.141. The number of carbonyl (C=O) groups is 2. The van der Waals surface area contributed by atoms with Crippen LogP contribution >= 0.6 is 0 Å². The van der Waals surface area contributed by atoms with Gasteiger partial charge in [-0.05, 0) is 12.1 Å². The molecule has 2 atom stereocenters. The van der Waals surface area contributed by atoms with Crippen molar-refractivity contribution in [2.24, 2.45) is 0 Å². The van der Waals surface area contributed by atoms with Crippen molar-refractivity contribution in [1.29, 1.82) is 0 Å². The Bertz CT molecular complexity index is 533. The Kier molecular flexibility index (Phi) is 3.80. The minimum Gasteiger partial charge on any atom is -0.508 e. The van der Waals surface area contributed by atoms with Gasteiger partial charge in [0.25, 0.3) is 0 Å². The molecular weight excluding hydrogens is 264 g/mol. The number of carbonyl (C=O) groups excluding carboxylic acids is 1. The number of benzene rings is 1. The van der Waals surface area contributed by atoms with Crippen LogP contribution in [0.15, 0.2) is 24.3 Å². The van der Waals surface area contributed by atoms with Crippen LogP contribution in [0, 0.1) is 0 Å². The molecule has 0 aromatic heterocycles. The van der Waals surface area contributed by atoms with Crippen LogP contribution in [0.3, 0.4) is 0 Å². The molecule has 1 heterocycles. The zero-order valence-corrected chi connectivity index (χ0v) is 10.9. The molecule has 7 heteroatoms. The number of urea groups is 1. The highest BCUT2D eigenvalue weighted by Crippen LogP contribution is 2.24. The normalized spacial score (nSPS) is 21.8. The van der Waals surface area contributed by atoms with E-state index in [1.165, 1.54) is 24.1 Å². The third-order valence-corrected chi connectivity index (χ3v) is 3.31. The number of likely N-dealkylation sites (tertiary alicyclic amines) is 1. The standard InChI is InChI=1S/C13H16N2O5/c1-14(8-3-2-4-9(16)5-8)13(20)15-7-10(17)6-11(15)12(18)19/h2-5,10-11,16-17H,6-7H2,1H3,(H,18,19)/t10-,11-/m0/s1. The molecule has 1 fully saturated rings. The summed E-state index contributed by atoms with van der Waals surface area (Å²) in [6.07, 6.45) is -0.813. The Labute approximate surface area is 115 Å². The number of β-amino-alcohol motifs (C(OH)–C–C–N with tert-alkyl or cyclic N) is 1. The number of amides is 2. The number of rotatable bonds is 2. The summed E-state index contributed by atoms with van der Waals surface area (Å²) in [5.74, 6) is -1.13. The van der Waals surface area contributed by atoms with E-state index in [1.807, 2.05) is 0 Å². The van der Waals surface area contributed by atoms with Gasteiger partial charge in [0.05, 0.1) is 6.10 Å². The Morgan fingerprint density at radius 2 is 2.10 bits per heavy atom. The SMILES string of the molecule is CN(C(=O)N1C[C@@H](O)C[C@H]1C(=O)O)c1cccc(O)c1. The lowest BCUT2D eigenvalue weighted by Gasteiger charge is -2.27. The molecule has 1 aromatic carbocycles. The Hall–Kier alpha value is -2.28. The first-order valence-electron chi connectivity index (χ1n) is 6.14. The number of aromatic hydroxyl groups is 1. The van der Waals surface area contributed by atoms with Crippen LogP contribution in [0.5, 0.6) is 5.75 Å². The zero-order chi connectivity index (χ0) is 14.9. The molecule has 0 spiro atoms. The third-order valence-electron chi connectivity index (χ3n) is 3.31. The number of carboxylic acid groups (broad SMARTS) is 1. The summed E-state index contributed by atoms with van der Waals surface area (Å²) in [7, 11) is 1.49. The van der Waals surface area contributed by atoms with Crippen LogP contribution in [-0.4, -0.2) is 58.0 Å². The van der Waals surface area contributed by atoms with E-state index in [4.69, 9.17) is 5.11 Å². The van der Waals surface area contributed by atoms with E-state index in [1.54, 1.807) is 12.1 Å². The molecule has 2 rings (SSSR count). The quantitative estimate of drug-likeness (QED) is 0.731. The van der Waals surface area contributed by atoms with Crippen molar-refractivity contribution in [3.8, 4) is 5.75 Å². The molecule has 0 aliphatic carbocycles. The van der Waals surface area contributed by atoms with Gasteiger partial charge in [0.2, 0.25) is 0 Å². The van der Waals surface area contributed by atoms with Crippen molar-refractivity contribution in [3.05, 3.63) is 24.3 Å². The lowest BCUT2D eigenvalue weighted by Crippen LogP contribution is -2.47. The highest BCUT2D eigenvalue weighted by Gasteiger charge is 2.40. The fourth-order valence-corrected chi connectivity index (χ4v) is 2.26. The second kappa shape index (κ2) is 5.38. The molecule has 1 aliphatic heterocycles. The molecular formula is C13H16N2O5. The smallest absolute Gasteiger partial charge is 0.326 e. The summed E-state index contributed by atoms with van der Waals surface area (Å²) < 4.78 is 0. The van der Waals surface area contributed by atoms with Gasteiger partial charge in [-0.2, -0.15) is 0 Å². The Morgan fingerprint density at radius 3 is 2.70 bits per heavy atom.